The van der Waals surface area contributed by atoms with Gasteiger partial charge in [-0.1, -0.05) is 6.08 Å². The first kappa shape index (κ1) is 30.9. The van der Waals surface area contributed by atoms with Gasteiger partial charge in [0, 0.05) is 24.5 Å². The van der Waals surface area contributed by atoms with Gasteiger partial charge in [0.25, 0.3) is 0 Å². The summed E-state index contributed by atoms with van der Waals surface area (Å²) >= 11 is 1.39. The van der Waals surface area contributed by atoms with Crippen LogP contribution in [-0.2, 0) is 25.7 Å². The highest BCUT2D eigenvalue weighted by atomic mass is 32.1. The molecule has 1 aromatic rings. The monoisotopic (exact) mass is 578 g/mol. The Morgan fingerprint density at radius 2 is 1.70 bits per heavy atom. The van der Waals surface area contributed by atoms with E-state index in [-0.39, 0.29) is 25.0 Å². The number of fused-ring (bicyclic) bond motifs is 4. The first-order valence-corrected chi connectivity index (χ1v) is 13.6. The number of amides is 5. The number of nitrogens with one attached hydrogen (secondary N) is 2. The maximum atomic E-state index is 13.3. The molecule has 1 saturated heterocycles. The summed E-state index contributed by atoms with van der Waals surface area (Å²) in [5, 5.41) is 8.04. The summed E-state index contributed by atoms with van der Waals surface area (Å²) in [6.45, 7) is 14.3. The molecule has 13 nitrogen and oxygen atoms in total. The number of thiophene rings is 1. The molecule has 220 valence electrons. The van der Waals surface area contributed by atoms with Crippen LogP contribution in [-0.4, -0.2) is 83.4 Å². The lowest BCUT2D eigenvalue weighted by Gasteiger charge is -2.32. The third-order valence-electron chi connectivity index (χ3n) is 5.57. The number of nitrogens with zero attached hydrogens (tertiary/aromatic N) is 4. The second kappa shape index (κ2) is 11.8. The molecule has 0 saturated carbocycles. The molecule has 2 bridgehead atoms. The highest BCUT2D eigenvalue weighted by Crippen LogP contribution is 2.48. The summed E-state index contributed by atoms with van der Waals surface area (Å²) in [5.41, 5.74) is -0.265. The van der Waals surface area contributed by atoms with Gasteiger partial charge in [0.05, 0.1) is 19.7 Å². The second-order valence-electron chi connectivity index (χ2n) is 11.5. The fourth-order valence-electron chi connectivity index (χ4n) is 4.12. The van der Waals surface area contributed by atoms with Gasteiger partial charge in [-0.05, 0) is 52.5 Å². The Kier molecular flexibility index (Phi) is 9.14. The van der Waals surface area contributed by atoms with E-state index in [1.807, 2.05) is 5.38 Å². The van der Waals surface area contributed by atoms with Gasteiger partial charge in [-0.3, -0.25) is 20.3 Å². The molecule has 0 aromatic carbocycles. The summed E-state index contributed by atoms with van der Waals surface area (Å²) in [4.78, 5) is 65.3. The molecule has 2 aliphatic heterocycles. The van der Waals surface area contributed by atoms with Crippen molar-refractivity contribution in [1.29, 1.82) is 0 Å². The molecule has 3 rings (SSSR count). The van der Waals surface area contributed by atoms with Gasteiger partial charge < -0.3 is 19.3 Å². The smallest absolute Gasteiger partial charge is 0.414 e. The number of likely N-dealkylation sites (N-methyl/N-ethyl adjacent to an activating group) is 1. The van der Waals surface area contributed by atoms with Gasteiger partial charge in [-0.25, -0.2) is 19.4 Å². The molecule has 2 N–H and O–H groups in total. The predicted octanol–water partition coefficient (Wildman–Crippen LogP) is 3.69. The van der Waals surface area contributed by atoms with Crippen LogP contribution in [0.25, 0.3) is 0 Å². The fourth-order valence-corrected chi connectivity index (χ4v) is 5.29. The Bertz CT molecular complexity index is 1170. The van der Waals surface area contributed by atoms with Crippen molar-refractivity contribution in [3.63, 3.8) is 0 Å². The van der Waals surface area contributed by atoms with Crippen LogP contribution in [0.2, 0.25) is 0 Å². The summed E-state index contributed by atoms with van der Waals surface area (Å²) in [7, 11) is 3.25. The summed E-state index contributed by atoms with van der Waals surface area (Å²) < 4.78 is 10.6. The molecule has 1 fully saturated rings. The number of hydrogen-bond acceptors (Lipinski definition) is 9. The zero-order valence-corrected chi connectivity index (χ0v) is 25.0. The minimum Gasteiger partial charge on any atom is -0.444 e. The van der Waals surface area contributed by atoms with Crippen molar-refractivity contribution >= 4 is 41.4 Å². The Morgan fingerprint density at radius 3 is 2.20 bits per heavy atom. The van der Waals surface area contributed by atoms with Gasteiger partial charge in [-0.2, -0.15) is 5.06 Å². The van der Waals surface area contributed by atoms with Gasteiger partial charge in [0.15, 0.2) is 0 Å². The second-order valence-corrected chi connectivity index (χ2v) is 12.4. The van der Waals surface area contributed by atoms with Crippen molar-refractivity contribution in [2.45, 2.75) is 71.4 Å². The zero-order valence-electron chi connectivity index (χ0n) is 24.2. The van der Waals surface area contributed by atoms with Crippen LogP contribution in [0, 0.1) is 0 Å². The number of carbonyl (C=O) groups excluding carboxylic acids is 4. The predicted molar refractivity (Wildman–Crippen MR) is 148 cm³/mol. The molecular formula is C26H38N6O7S. The standard InChI is InChI=1S/C26H38N6O7S/c1-10-11-37-32-16-13-31(24(32)36)18(20(33)30(8)9)17-15(14-40-19(16)17)12-27-21(28-22(34)38-25(2,3)4)29-23(35)39-26(5,6)7/h10,14,16,18H,1,11-13H2,2-9H3,(H2,27,28,29,34,35). The van der Waals surface area contributed by atoms with Crippen molar-refractivity contribution < 1.29 is 33.5 Å². The van der Waals surface area contributed by atoms with E-state index in [4.69, 9.17) is 14.3 Å². The van der Waals surface area contributed by atoms with Crippen LogP contribution in [0.15, 0.2) is 23.0 Å². The van der Waals surface area contributed by atoms with Crippen molar-refractivity contribution in [3.05, 3.63) is 34.0 Å². The quantitative estimate of drug-likeness (QED) is 0.298. The summed E-state index contributed by atoms with van der Waals surface area (Å²) in [6.07, 6.45) is -0.0974. The molecule has 40 heavy (non-hydrogen) atoms. The van der Waals surface area contributed by atoms with E-state index in [1.165, 1.54) is 26.2 Å². The van der Waals surface area contributed by atoms with Gasteiger partial charge >= 0.3 is 18.2 Å². The minimum absolute atomic E-state index is 0.0216. The molecule has 2 atom stereocenters. The lowest BCUT2D eigenvalue weighted by Crippen LogP contribution is -2.47. The normalized spacial score (nSPS) is 18.1. The van der Waals surface area contributed by atoms with Crippen molar-refractivity contribution in [1.82, 2.24) is 25.5 Å². The third-order valence-corrected chi connectivity index (χ3v) is 6.71. The van der Waals surface area contributed by atoms with E-state index in [1.54, 1.807) is 61.7 Å². The number of carbonyl (C=O) groups is 4. The summed E-state index contributed by atoms with van der Waals surface area (Å²) in [6, 6.07) is -1.71. The maximum absolute atomic E-state index is 13.3. The lowest BCUT2D eigenvalue weighted by atomic mass is 9.94. The number of guanidine groups is 1. The Balaban J connectivity index is 1.97. The number of hydroxylamine groups is 2. The van der Waals surface area contributed by atoms with E-state index >= 15 is 0 Å². The fraction of sp³-hybridized carbons (Fsp3) is 0.577. The van der Waals surface area contributed by atoms with E-state index in [0.29, 0.717) is 17.7 Å². The highest BCUT2D eigenvalue weighted by Gasteiger charge is 2.52. The molecular weight excluding hydrogens is 540 g/mol. The molecule has 0 spiro atoms. The van der Waals surface area contributed by atoms with Crippen molar-refractivity contribution in [3.8, 4) is 0 Å². The molecule has 3 heterocycles. The van der Waals surface area contributed by atoms with E-state index < -0.39 is 41.5 Å². The van der Waals surface area contributed by atoms with Crippen LogP contribution in [0.3, 0.4) is 0 Å². The van der Waals surface area contributed by atoms with Crippen LogP contribution < -0.4 is 10.6 Å². The average Bonchev–Trinajstić information content (AvgIpc) is 3.34. The van der Waals surface area contributed by atoms with Gasteiger partial charge in [0.2, 0.25) is 11.9 Å². The number of hydrogen-bond donors (Lipinski definition) is 2. The Labute approximate surface area is 238 Å². The molecule has 2 aliphatic rings. The minimum atomic E-state index is -0.886. The molecule has 14 heteroatoms. The average molecular weight is 579 g/mol. The molecule has 1 aromatic heterocycles. The van der Waals surface area contributed by atoms with Crippen LogP contribution >= 0.6 is 11.3 Å². The number of ether oxygens (including phenoxy) is 2. The molecule has 5 amide bonds. The van der Waals surface area contributed by atoms with Crippen LogP contribution in [0.4, 0.5) is 14.4 Å². The zero-order chi connectivity index (χ0) is 30.0. The number of urea groups is 1. The van der Waals surface area contributed by atoms with E-state index in [2.05, 4.69) is 22.2 Å². The number of aliphatic imine (C=N–C) groups is 1. The lowest BCUT2D eigenvalue weighted by molar-refractivity contribution is -0.133. The SMILES string of the molecule is C=CCON1C(=O)N2CC1c1scc(CN=C(NC(=O)OC(C)(C)C)NC(=O)OC(C)(C)C)c1C2C(=O)N(C)C. The largest absolute Gasteiger partial charge is 0.444 e. The number of rotatable bonds is 6. The van der Waals surface area contributed by atoms with E-state index in [9.17, 15) is 19.2 Å². The first-order valence-electron chi connectivity index (χ1n) is 12.7. The van der Waals surface area contributed by atoms with Gasteiger partial charge in [-0.15, -0.1) is 17.9 Å². The third kappa shape index (κ3) is 7.30. The van der Waals surface area contributed by atoms with E-state index in [0.717, 1.165) is 4.88 Å². The maximum Gasteiger partial charge on any atom is 0.414 e. The highest BCUT2D eigenvalue weighted by molar-refractivity contribution is 7.10. The topological polar surface area (TPSA) is 142 Å². The number of alkyl carbamates (subject to hydrolysis) is 2. The molecule has 0 aliphatic carbocycles. The summed E-state index contributed by atoms with van der Waals surface area (Å²) in [5.74, 6) is -0.466. The van der Waals surface area contributed by atoms with Crippen LogP contribution in [0.5, 0.6) is 0 Å². The Morgan fingerprint density at radius 1 is 1.12 bits per heavy atom. The van der Waals surface area contributed by atoms with Crippen LogP contribution in [0.1, 0.15) is 69.6 Å². The van der Waals surface area contributed by atoms with Crippen molar-refractivity contribution in [2.24, 2.45) is 4.99 Å². The van der Waals surface area contributed by atoms with Gasteiger partial charge in [0.1, 0.15) is 23.3 Å². The Hall–Kier alpha value is -3.65. The first-order chi connectivity index (χ1) is 18.5. The molecule has 0 radical (unpaired) electrons. The molecule has 2 unspecified atom stereocenters. The van der Waals surface area contributed by atoms with Crippen molar-refractivity contribution in [2.75, 3.05) is 27.2 Å².